The Hall–Kier alpha value is -0.970. The van der Waals surface area contributed by atoms with E-state index in [2.05, 4.69) is 10.6 Å². The lowest BCUT2D eigenvalue weighted by Gasteiger charge is -2.07. The lowest BCUT2D eigenvalue weighted by atomic mass is 10.3. The number of nitrogens with one attached hydrogen (secondary N) is 2. The molecular weight excluding hydrogens is 263 g/mol. The summed E-state index contributed by atoms with van der Waals surface area (Å²) in [7, 11) is 0. The van der Waals surface area contributed by atoms with Crippen LogP contribution in [0.4, 0.5) is 10.5 Å². The van der Waals surface area contributed by atoms with Gasteiger partial charge in [-0.3, -0.25) is 0 Å². The summed E-state index contributed by atoms with van der Waals surface area (Å²) in [5, 5.41) is 14.7. The molecule has 0 aliphatic heterocycles. The third kappa shape index (κ3) is 5.26. The average molecular weight is 277 g/mol. The molecule has 0 atom stereocenters. The Balaban J connectivity index is 2.37. The molecule has 1 aromatic rings. The van der Waals surface area contributed by atoms with Crippen molar-refractivity contribution in [2.75, 3.05) is 18.5 Å². The molecule has 0 saturated carbocycles. The highest BCUT2D eigenvalue weighted by Gasteiger charge is 2.03. The minimum Gasteiger partial charge on any atom is -0.396 e. The van der Waals surface area contributed by atoms with Crippen molar-refractivity contribution >= 4 is 34.9 Å². The third-order valence-corrected chi connectivity index (χ3v) is 2.79. The first-order valence-electron chi connectivity index (χ1n) is 5.24. The molecule has 1 aromatic carbocycles. The molecule has 0 bridgehead atoms. The van der Waals surface area contributed by atoms with E-state index in [0.717, 1.165) is 6.42 Å². The van der Waals surface area contributed by atoms with Crippen molar-refractivity contribution in [1.82, 2.24) is 5.32 Å². The van der Waals surface area contributed by atoms with Crippen LogP contribution in [0.15, 0.2) is 18.2 Å². The van der Waals surface area contributed by atoms with Crippen LogP contribution in [0.25, 0.3) is 0 Å². The normalized spacial score (nSPS) is 10.1. The number of carbonyl (C=O) groups excluding carboxylic acids is 1. The second kappa shape index (κ2) is 7.37. The highest BCUT2D eigenvalue weighted by atomic mass is 35.5. The predicted octanol–water partition coefficient (Wildman–Crippen LogP) is 2.89. The van der Waals surface area contributed by atoms with Gasteiger partial charge in [0.25, 0.3) is 0 Å². The highest BCUT2D eigenvalue weighted by molar-refractivity contribution is 6.42. The molecule has 0 heterocycles. The molecule has 0 unspecified atom stereocenters. The second-order valence-corrected chi connectivity index (χ2v) is 4.25. The van der Waals surface area contributed by atoms with Crippen LogP contribution < -0.4 is 10.6 Å². The molecule has 3 N–H and O–H groups in total. The smallest absolute Gasteiger partial charge is 0.319 e. The number of halogens is 2. The molecule has 94 valence electrons. The third-order valence-electron chi connectivity index (χ3n) is 2.05. The predicted molar refractivity (Wildman–Crippen MR) is 69.8 cm³/mol. The molecule has 6 heteroatoms. The van der Waals surface area contributed by atoms with Crippen molar-refractivity contribution in [2.45, 2.75) is 12.8 Å². The molecule has 0 radical (unpaired) electrons. The van der Waals surface area contributed by atoms with E-state index in [1.165, 1.54) is 0 Å². The minimum absolute atomic E-state index is 0.135. The largest absolute Gasteiger partial charge is 0.396 e. The van der Waals surface area contributed by atoms with E-state index in [0.29, 0.717) is 28.7 Å². The van der Waals surface area contributed by atoms with Gasteiger partial charge < -0.3 is 15.7 Å². The number of hydrogen-bond acceptors (Lipinski definition) is 2. The topological polar surface area (TPSA) is 61.4 Å². The van der Waals surface area contributed by atoms with Crippen molar-refractivity contribution in [3.05, 3.63) is 28.2 Å². The molecule has 1 rings (SSSR count). The molecule has 17 heavy (non-hydrogen) atoms. The van der Waals surface area contributed by atoms with E-state index in [9.17, 15) is 4.79 Å². The van der Waals surface area contributed by atoms with E-state index in [-0.39, 0.29) is 12.6 Å². The van der Waals surface area contributed by atoms with Gasteiger partial charge >= 0.3 is 6.03 Å². The van der Waals surface area contributed by atoms with Crippen LogP contribution in [0.5, 0.6) is 0 Å². The van der Waals surface area contributed by atoms with Crippen LogP contribution in [-0.4, -0.2) is 24.3 Å². The van der Waals surface area contributed by atoms with E-state index in [1.807, 2.05) is 0 Å². The van der Waals surface area contributed by atoms with Gasteiger partial charge in [-0.2, -0.15) is 0 Å². The zero-order chi connectivity index (χ0) is 12.7. The summed E-state index contributed by atoms with van der Waals surface area (Å²) in [6, 6.07) is 4.56. The van der Waals surface area contributed by atoms with Gasteiger partial charge in [-0.25, -0.2) is 4.79 Å². The van der Waals surface area contributed by atoms with Crippen molar-refractivity contribution in [3.8, 4) is 0 Å². The van der Waals surface area contributed by atoms with E-state index >= 15 is 0 Å². The lowest BCUT2D eigenvalue weighted by molar-refractivity contribution is 0.250. The van der Waals surface area contributed by atoms with Crippen molar-refractivity contribution in [1.29, 1.82) is 0 Å². The number of anilines is 1. The first-order chi connectivity index (χ1) is 8.13. The quantitative estimate of drug-likeness (QED) is 0.725. The van der Waals surface area contributed by atoms with E-state index in [4.69, 9.17) is 28.3 Å². The summed E-state index contributed by atoms with van der Waals surface area (Å²) in [5.74, 6) is 0. The molecule has 4 nitrogen and oxygen atoms in total. The lowest BCUT2D eigenvalue weighted by Crippen LogP contribution is -2.29. The van der Waals surface area contributed by atoms with Crippen LogP contribution in [0.3, 0.4) is 0 Å². The van der Waals surface area contributed by atoms with Crippen molar-refractivity contribution < 1.29 is 9.90 Å². The number of aliphatic hydroxyl groups excluding tert-OH is 1. The number of carbonyl (C=O) groups is 1. The number of unbranched alkanes of at least 4 members (excludes halogenated alkanes) is 1. The van der Waals surface area contributed by atoms with Gasteiger partial charge in [-0.15, -0.1) is 0 Å². The summed E-state index contributed by atoms with van der Waals surface area (Å²) in [6.07, 6.45) is 1.42. The Bertz CT molecular complexity index is 386. The standard InChI is InChI=1S/C11H14Cl2N2O2/c12-9-4-3-8(7-10(9)13)15-11(17)14-5-1-2-6-16/h3-4,7,16H,1-2,5-6H2,(H2,14,15,17). The second-order valence-electron chi connectivity index (χ2n) is 3.44. The number of urea groups is 1. The summed E-state index contributed by atoms with van der Waals surface area (Å²) < 4.78 is 0. The van der Waals surface area contributed by atoms with Crippen LogP contribution in [0, 0.1) is 0 Å². The maximum absolute atomic E-state index is 11.4. The van der Waals surface area contributed by atoms with E-state index in [1.54, 1.807) is 18.2 Å². The minimum atomic E-state index is -0.304. The Kier molecular flexibility index (Phi) is 6.11. The summed E-state index contributed by atoms with van der Waals surface area (Å²) >= 11 is 11.6. The fourth-order valence-corrected chi connectivity index (χ4v) is 1.49. The van der Waals surface area contributed by atoms with Gasteiger partial charge in [-0.1, -0.05) is 23.2 Å². The van der Waals surface area contributed by atoms with Gasteiger partial charge in [0.15, 0.2) is 0 Å². The maximum Gasteiger partial charge on any atom is 0.319 e. The molecule has 0 aliphatic rings. The molecule has 0 saturated heterocycles. The van der Waals surface area contributed by atoms with E-state index < -0.39 is 0 Å². The maximum atomic E-state index is 11.4. The number of hydrogen-bond donors (Lipinski definition) is 3. The van der Waals surface area contributed by atoms with Crippen molar-refractivity contribution in [3.63, 3.8) is 0 Å². The van der Waals surface area contributed by atoms with Crippen LogP contribution in [-0.2, 0) is 0 Å². The first-order valence-corrected chi connectivity index (χ1v) is 6.00. The number of amides is 2. The fourth-order valence-electron chi connectivity index (χ4n) is 1.19. The summed E-state index contributed by atoms with van der Waals surface area (Å²) in [5.41, 5.74) is 0.582. The summed E-state index contributed by atoms with van der Waals surface area (Å²) in [6.45, 7) is 0.657. The SMILES string of the molecule is O=C(NCCCCO)Nc1ccc(Cl)c(Cl)c1. The fraction of sp³-hybridized carbons (Fsp3) is 0.364. The summed E-state index contributed by atoms with van der Waals surface area (Å²) in [4.78, 5) is 11.4. The average Bonchev–Trinajstić information content (AvgIpc) is 2.30. The Morgan fingerprint density at radius 1 is 1.24 bits per heavy atom. The molecule has 0 spiro atoms. The number of rotatable bonds is 5. The van der Waals surface area contributed by atoms with Gasteiger partial charge in [0.1, 0.15) is 0 Å². The number of benzene rings is 1. The van der Waals surface area contributed by atoms with Crippen LogP contribution in [0.1, 0.15) is 12.8 Å². The van der Waals surface area contributed by atoms with Gasteiger partial charge in [0, 0.05) is 18.8 Å². The molecule has 0 aromatic heterocycles. The number of aliphatic hydroxyl groups is 1. The molecule has 2 amide bonds. The highest BCUT2D eigenvalue weighted by Crippen LogP contribution is 2.24. The Morgan fingerprint density at radius 2 is 2.00 bits per heavy atom. The monoisotopic (exact) mass is 276 g/mol. The van der Waals surface area contributed by atoms with Crippen LogP contribution in [0.2, 0.25) is 10.0 Å². The van der Waals surface area contributed by atoms with Crippen molar-refractivity contribution in [2.24, 2.45) is 0 Å². The Labute approximate surface area is 110 Å². The van der Waals surface area contributed by atoms with Gasteiger partial charge in [-0.05, 0) is 31.0 Å². The van der Waals surface area contributed by atoms with Gasteiger partial charge in [0.05, 0.1) is 10.0 Å². The van der Waals surface area contributed by atoms with Crippen LogP contribution >= 0.6 is 23.2 Å². The zero-order valence-electron chi connectivity index (χ0n) is 9.17. The molecular formula is C11H14Cl2N2O2. The van der Waals surface area contributed by atoms with Gasteiger partial charge in [0.2, 0.25) is 0 Å². The first kappa shape index (κ1) is 14.1. The molecule has 0 aliphatic carbocycles. The molecule has 0 fully saturated rings. The zero-order valence-corrected chi connectivity index (χ0v) is 10.7. The Morgan fingerprint density at radius 3 is 2.65 bits per heavy atom.